The average Bonchev–Trinajstić information content (AvgIpc) is 1.49. The summed E-state index contributed by atoms with van der Waals surface area (Å²) in [6.45, 7) is 0.779. The van der Waals surface area contributed by atoms with Crippen molar-refractivity contribution < 1.29 is 184 Å². The van der Waals surface area contributed by atoms with E-state index >= 15 is 0 Å². The molecular formula is C66H73BrKO27P4S7-. The summed E-state index contributed by atoms with van der Waals surface area (Å²) < 4.78 is 45.3. The van der Waals surface area contributed by atoms with Crippen LogP contribution >= 0.6 is 126 Å². The predicted octanol–water partition coefficient (Wildman–Crippen LogP) is 14.9. The topological polar surface area (TPSA) is 434 Å². The van der Waals surface area contributed by atoms with Gasteiger partial charge in [0.2, 0.25) is 0 Å². The molecule has 106 heavy (non-hydrogen) atoms. The number of aryl methyl sites for hydroxylation is 5. The van der Waals surface area contributed by atoms with Gasteiger partial charge in [0.25, 0.3) is 8.15 Å². The molecule has 5 aliphatic carbocycles. The standard InChI is InChI=1S/C14H16O4S.C11H10OS.C8H7BrOS.C8H8O3S.C8H10O2S.C8H8OS.C4H4O3.C4H4S.CH4O10P4.K.2H2O/c1-3-18-14(17)12(8(2)15)10-4-5-11-9(13(10)16)6-7-19-11;12-8-5-7-1-2-11-9(3-4-13-11)10(7)6-8;9-6-1-2-7-5(8(6)10)3-4-11-7;9-6(3-4-8(10)11)7-2-1-5-12-7;9-8(10)5-1-3-7-4-2-6-11-7;9-7-2-1-3-8-6(7)4-5-10-8;5-3-1-2-4(6)7-3;1-2-4-5-3-1;1-14(12-3)15(5,13-4)11-10-9-8-7-6-2;;;/h6-7,10,12H,3-5H2,1-2H3;3-4,6-7H,1-2,5H2;3-4,6H,1-2H2;1-2,5H,3-4H2,(H,10,11);2,4,6H,1,3,5H2,(H,9,10);4-5H,1-3H2;1-2H2;1-4H;2H,1H3;;2*1H2/q;;;;;;;;;+1;;/p-2. The Kier molecular flexibility index (Phi) is 49.6. The largest absolute Gasteiger partial charge is 1.00 e. The van der Waals surface area contributed by atoms with Gasteiger partial charge < -0.3 is 30.6 Å². The minimum absolute atomic E-state index is 0. The van der Waals surface area contributed by atoms with E-state index < -0.39 is 72.0 Å². The summed E-state index contributed by atoms with van der Waals surface area (Å²) in [6, 6.07) is 19.3. The number of hydrogen-bond donors (Lipinski definition) is 3. The molecule has 0 bridgehead atoms. The van der Waals surface area contributed by atoms with Crippen LogP contribution in [0.2, 0.25) is 0 Å². The molecule has 5 N–H and O–H groups in total. The third kappa shape index (κ3) is 33.8. The van der Waals surface area contributed by atoms with Crippen molar-refractivity contribution in [1.29, 1.82) is 0 Å². The average molecular weight is 1770 g/mol. The number of alkyl halides is 1. The zero-order chi connectivity index (χ0) is 75.3. The summed E-state index contributed by atoms with van der Waals surface area (Å²) in [7, 11) is -3.09. The van der Waals surface area contributed by atoms with Crippen LogP contribution in [0.5, 0.6) is 0 Å². The summed E-state index contributed by atoms with van der Waals surface area (Å²) in [6.07, 6.45) is 13.6. The van der Waals surface area contributed by atoms with Gasteiger partial charge in [-0.25, -0.2) is 5.26 Å². The number of thiophene rings is 7. The van der Waals surface area contributed by atoms with E-state index in [1.165, 1.54) is 68.4 Å². The molecule has 6 aliphatic rings. The van der Waals surface area contributed by atoms with Gasteiger partial charge in [-0.15, -0.1) is 72.7 Å². The number of carbonyl (C=O) groups is 11. The van der Waals surface area contributed by atoms with Gasteiger partial charge in [0.05, 0.1) is 42.9 Å². The molecule has 1 saturated heterocycles. The third-order valence-corrected chi connectivity index (χ3v) is 34.7. The van der Waals surface area contributed by atoms with E-state index in [1.54, 1.807) is 87.2 Å². The van der Waals surface area contributed by atoms with E-state index in [1.807, 2.05) is 86.1 Å². The van der Waals surface area contributed by atoms with Crippen LogP contribution in [0.3, 0.4) is 0 Å². The fourth-order valence-corrected chi connectivity index (χ4v) is 21.5. The molecule has 7 aromatic rings. The van der Waals surface area contributed by atoms with Crippen molar-refractivity contribution in [2.24, 2.45) is 17.8 Å². The number of cyclic esters (lactones) is 2. The summed E-state index contributed by atoms with van der Waals surface area (Å²) in [5.74, 6) is -3.58. The molecule has 40 heteroatoms. The molecule has 1 aliphatic heterocycles. The van der Waals surface area contributed by atoms with Crippen LogP contribution in [0.4, 0.5) is 0 Å². The van der Waals surface area contributed by atoms with E-state index in [-0.39, 0.29) is 129 Å². The maximum absolute atomic E-state index is 12.4. The van der Waals surface area contributed by atoms with Gasteiger partial charge in [-0.2, -0.15) is 11.3 Å². The number of aliphatic carboxylic acids is 2. The van der Waals surface area contributed by atoms with E-state index in [9.17, 15) is 66.4 Å². The normalized spacial score (nSPS) is 17.0. The third-order valence-electron chi connectivity index (χ3n) is 14.9. The molecular weight excluding hydrogens is 1690 g/mol. The van der Waals surface area contributed by atoms with E-state index in [0.717, 1.165) is 73.8 Å². The summed E-state index contributed by atoms with van der Waals surface area (Å²) in [5.41, 5.74) is 5.25. The Morgan fingerprint density at radius 2 is 1.21 bits per heavy atom. The van der Waals surface area contributed by atoms with Crippen LogP contribution < -0.4 is 51.4 Å². The second-order valence-electron chi connectivity index (χ2n) is 21.9. The zero-order valence-corrected chi connectivity index (χ0v) is 71.3. The molecule has 0 aromatic carbocycles. The monoisotopic (exact) mass is 1760 g/mol. The van der Waals surface area contributed by atoms with E-state index in [2.05, 4.69) is 62.0 Å². The number of ketones is 6. The van der Waals surface area contributed by atoms with Crippen molar-refractivity contribution in [3.63, 3.8) is 0 Å². The first kappa shape index (κ1) is 97.9. The van der Waals surface area contributed by atoms with Crippen LogP contribution in [0.15, 0.2) is 110 Å². The van der Waals surface area contributed by atoms with Crippen LogP contribution in [0.25, 0.3) is 5.57 Å². The quantitative estimate of drug-likeness (QED) is 0.00692. The molecule has 8 heterocycles. The smallest absolute Gasteiger partial charge is 0.870 e. The van der Waals surface area contributed by atoms with Crippen LogP contribution in [-0.2, 0) is 119 Å². The minimum atomic E-state index is -3.77. The van der Waals surface area contributed by atoms with Gasteiger partial charge in [-0.1, -0.05) is 40.2 Å². The molecule has 6 unspecified atom stereocenters. The van der Waals surface area contributed by atoms with Gasteiger partial charge in [-0.3, -0.25) is 66.4 Å². The molecule has 7 aromatic heterocycles. The molecule has 1 fully saturated rings. The van der Waals surface area contributed by atoms with E-state index in [4.69, 9.17) is 20.2 Å². The second kappa shape index (κ2) is 53.7. The number of Topliss-reactive ketones (excluding diaryl/α,β-unsaturated/α-hetero) is 5. The second-order valence-corrected chi connectivity index (χ2v) is 41.8. The van der Waals surface area contributed by atoms with Gasteiger partial charge in [-0.05, 0) is 212 Å². The summed E-state index contributed by atoms with van der Waals surface area (Å²) in [4.78, 5) is 128. The van der Waals surface area contributed by atoms with Crippen molar-refractivity contribution in [3.05, 3.63) is 161 Å². The first-order chi connectivity index (χ1) is 49.4. The van der Waals surface area contributed by atoms with Crippen molar-refractivity contribution in [1.82, 2.24) is 0 Å². The maximum atomic E-state index is 12.4. The Morgan fingerprint density at radius 3 is 1.72 bits per heavy atom. The molecule has 13 rings (SSSR count). The number of fused-ring (bicyclic) bond motifs is 6. The Morgan fingerprint density at radius 1 is 0.651 bits per heavy atom. The predicted molar refractivity (Wildman–Crippen MR) is 400 cm³/mol. The number of ether oxygens (including phenoxy) is 2. The van der Waals surface area contributed by atoms with Crippen molar-refractivity contribution in [2.75, 3.05) is 13.3 Å². The van der Waals surface area contributed by atoms with Crippen LogP contribution in [0, 0.1) is 17.8 Å². The molecule has 6 atom stereocenters. The van der Waals surface area contributed by atoms with Gasteiger partial charge in [0, 0.05) is 72.7 Å². The van der Waals surface area contributed by atoms with Gasteiger partial charge in [0.1, 0.15) is 11.7 Å². The molecule has 0 spiro atoms. The first-order valence-electron chi connectivity index (χ1n) is 31.3. The number of carboxylic acid groups (broad SMARTS) is 2. The SMILES string of the molecule is CCOC(=O)C(C(C)=O)C1CCc2sccc2C1=O.CP(P=O)P(=O)(OOOOOOO)P=O.O=C(O)CCC(=O)c1cccs1.O=C(O)CCCc1cccs1.O=C1C=C2c3ccsc3CCC2C1.O=C1CCC(=O)O1.O=C1CCCc2sccc21.O=C1c2ccsc2CCC1Br.[K+].[OH-].[OH-].c1ccsc1. The molecule has 0 radical (unpaired) electrons. The Balaban J connectivity index is 0.000000410. The van der Waals surface area contributed by atoms with Crippen LogP contribution in [-0.4, -0.2) is 109 Å². The number of allylic oxidation sites excluding steroid dienone is 2. The summed E-state index contributed by atoms with van der Waals surface area (Å²) >= 11 is 14.9. The van der Waals surface area contributed by atoms with Crippen molar-refractivity contribution in [2.45, 2.75) is 128 Å². The van der Waals surface area contributed by atoms with E-state index in [0.29, 0.717) is 34.3 Å². The number of halogens is 1. The van der Waals surface area contributed by atoms with Crippen molar-refractivity contribution >= 4 is 196 Å². The molecule has 27 nitrogen and oxygen atoms in total. The number of carboxylic acids is 2. The van der Waals surface area contributed by atoms with Gasteiger partial charge in [0.15, 0.2) is 37.1 Å². The molecule has 0 saturated carbocycles. The summed E-state index contributed by atoms with van der Waals surface area (Å²) in [5, 5.41) is 56.9. The molecule has 0 amide bonds. The zero-order valence-electron chi connectivity index (χ0n) is 57.2. The van der Waals surface area contributed by atoms with Gasteiger partial charge >= 0.3 is 88.0 Å². The first-order valence-corrected chi connectivity index (χ1v) is 45.6. The minimum Gasteiger partial charge on any atom is -0.870 e. The Bertz CT molecular complexity index is 3970. The fourth-order valence-electron chi connectivity index (χ4n) is 10.1. The Labute approximate surface area is 692 Å². The number of carbonyl (C=O) groups excluding carboxylic acids is 9. The fraction of sp³-hybridized carbons (Fsp3) is 0.379. The number of esters is 3. The van der Waals surface area contributed by atoms with Crippen molar-refractivity contribution in [3.8, 4) is 0 Å². The number of rotatable bonds is 21. The van der Waals surface area contributed by atoms with Crippen LogP contribution in [0.1, 0.15) is 162 Å². The maximum Gasteiger partial charge on any atom is 1.00 e. The Hall–Kier alpha value is -4.17. The number of hydrogen-bond acceptors (Lipinski definition) is 32. The molecule has 570 valence electrons.